The van der Waals surface area contributed by atoms with Gasteiger partial charge in [0.1, 0.15) is 0 Å². The van der Waals surface area contributed by atoms with Crippen molar-refractivity contribution in [3.63, 3.8) is 0 Å². The van der Waals surface area contributed by atoms with Gasteiger partial charge in [-0.1, -0.05) is 23.8 Å². The molecule has 0 unspecified atom stereocenters. The number of aryl methyl sites for hydroxylation is 1. The van der Waals surface area contributed by atoms with E-state index in [2.05, 4.69) is 33.5 Å². The fraction of sp³-hybridized carbons (Fsp3) is 0.381. The summed E-state index contributed by atoms with van der Waals surface area (Å²) in [5, 5.41) is 5.26. The molecule has 0 atom stereocenters. The Balaban J connectivity index is 1.71. The zero-order valence-electron chi connectivity index (χ0n) is 16.4. The normalized spacial score (nSPS) is 13.4. The number of pyridine rings is 1. The summed E-state index contributed by atoms with van der Waals surface area (Å²) >= 11 is 1.39. The molecule has 1 aliphatic rings. The van der Waals surface area contributed by atoms with Gasteiger partial charge < -0.3 is 9.47 Å². The highest BCUT2D eigenvalue weighted by Gasteiger charge is 2.14. The molecule has 28 heavy (non-hydrogen) atoms. The second-order valence-corrected chi connectivity index (χ2v) is 7.70. The van der Waals surface area contributed by atoms with Gasteiger partial charge in [0.25, 0.3) is 5.91 Å². The Morgan fingerprint density at radius 3 is 2.79 bits per heavy atom. The standard InChI is InChI=1S/C21H25N3O3S/c1-14(2)27-19-12-17(20(25)24-21-22-15(3)13-28-21)11-18(23-19)26-10-9-16-7-5-4-6-8-16/h4-5,7,11-14H,6,8-10H2,1-3H3,(H,22,24,25). The van der Waals surface area contributed by atoms with Crippen LogP contribution in [-0.2, 0) is 0 Å². The first kappa shape index (κ1) is 20.1. The highest BCUT2D eigenvalue weighted by molar-refractivity contribution is 7.13. The Morgan fingerprint density at radius 1 is 1.29 bits per heavy atom. The summed E-state index contributed by atoms with van der Waals surface area (Å²) in [6.07, 6.45) is 9.28. The van der Waals surface area contributed by atoms with E-state index in [1.165, 1.54) is 16.9 Å². The van der Waals surface area contributed by atoms with Gasteiger partial charge in [-0.05, 0) is 33.6 Å². The predicted octanol–water partition coefficient (Wildman–Crippen LogP) is 4.93. The summed E-state index contributed by atoms with van der Waals surface area (Å²) in [5.41, 5.74) is 2.65. The fourth-order valence-corrected chi connectivity index (χ4v) is 3.40. The molecular formula is C21H25N3O3S. The number of allylic oxidation sites excluding steroid dienone is 3. The first-order chi connectivity index (χ1) is 13.5. The van der Waals surface area contributed by atoms with Crippen molar-refractivity contribution in [2.75, 3.05) is 11.9 Å². The third-order valence-electron chi connectivity index (χ3n) is 4.01. The maximum Gasteiger partial charge on any atom is 0.257 e. The third kappa shape index (κ3) is 5.92. The zero-order valence-corrected chi connectivity index (χ0v) is 17.2. The quantitative estimate of drug-likeness (QED) is 0.681. The van der Waals surface area contributed by atoms with Gasteiger partial charge in [0.05, 0.1) is 24.0 Å². The van der Waals surface area contributed by atoms with E-state index in [-0.39, 0.29) is 12.0 Å². The number of hydrogen-bond acceptors (Lipinski definition) is 6. The van der Waals surface area contributed by atoms with Crippen molar-refractivity contribution in [3.8, 4) is 11.8 Å². The minimum atomic E-state index is -0.268. The van der Waals surface area contributed by atoms with E-state index < -0.39 is 0 Å². The van der Waals surface area contributed by atoms with Gasteiger partial charge in [-0.2, -0.15) is 4.98 Å². The minimum absolute atomic E-state index is 0.0561. The molecule has 3 rings (SSSR count). The monoisotopic (exact) mass is 399 g/mol. The first-order valence-corrected chi connectivity index (χ1v) is 10.3. The van der Waals surface area contributed by atoms with Gasteiger partial charge in [-0.25, -0.2) is 4.98 Å². The van der Waals surface area contributed by atoms with Crippen LogP contribution >= 0.6 is 11.3 Å². The Labute approximate surface area is 169 Å². The molecule has 0 fully saturated rings. The lowest BCUT2D eigenvalue weighted by Crippen LogP contribution is -2.14. The Bertz CT molecular complexity index is 887. The maximum absolute atomic E-state index is 12.6. The van der Waals surface area contributed by atoms with Crippen molar-refractivity contribution in [1.82, 2.24) is 9.97 Å². The molecule has 0 spiro atoms. The topological polar surface area (TPSA) is 73.3 Å². The molecule has 148 valence electrons. The number of hydrogen-bond donors (Lipinski definition) is 1. The number of thiazole rings is 1. The van der Waals surface area contributed by atoms with Gasteiger partial charge in [0.2, 0.25) is 11.8 Å². The molecule has 2 aromatic heterocycles. The number of amides is 1. The molecule has 1 N–H and O–H groups in total. The second kappa shape index (κ2) is 9.50. The van der Waals surface area contributed by atoms with E-state index >= 15 is 0 Å². The number of nitrogens with one attached hydrogen (secondary N) is 1. The molecule has 0 saturated heterocycles. The molecule has 2 heterocycles. The van der Waals surface area contributed by atoms with Crippen LogP contribution in [0.2, 0.25) is 0 Å². The number of rotatable bonds is 8. The molecule has 0 radical (unpaired) electrons. The molecule has 6 nitrogen and oxygen atoms in total. The SMILES string of the molecule is Cc1csc(NC(=O)c2cc(OCCC3=CC=CCC3)nc(OC(C)C)c2)n1. The van der Waals surface area contributed by atoms with Gasteiger partial charge in [0.15, 0.2) is 5.13 Å². The van der Waals surface area contributed by atoms with Crippen LogP contribution in [0.3, 0.4) is 0 Å². The van der Waals surface area contributed by atoms with Gasteiger partial charge in [-0.15, -0.1) is 11.3 Å². The van der Waals surface area contributed by atoms with E-state index in [0.717, 1.165) is 25.0 Å². The number of nitrogens with zero attached hydrogens (tertiary/aromatic N) is 2. The second-order valence-electron chi connectivity index (χ2n) is 6.84. The van der Waals surface area contributed by atoms with E-state index in [1.54, 1.807) is 12.1 Å². The van der Waals surface area contributed by atoms with Gasteiger partial charge in [0, 0.05) is 23.9 Å². The number of ether oxygens (including phenoxy) is 2. The fourth-order valence-electron chi connectivity index (χ4n) is 2.72. The summed E-state index contributed by atoms with van der Waals surface area (Å²) in [7, 11) is 0. The summed E-state index contributed by atoms with van der Waals surface area (Å²) in [5.74, 6) is 0.480. The van der Waals surface area contributed by atoms with E-state index in [4.69, 9.17) is 9.47 Å². The lowest BCUT2D eigenvalue weighted by atomic mass is 10.0. The van der Waals surface area contributed by atoms with E-state index in [0.29, 0.717) is 29.1 Å². The number of aromatic nitrogens is 2. The summed E-state index contributed by atoms with van der Waals surface area (Å²) < 4.78 is 11.5. The van der Waals surface area contributed by atoms with E-state index in [9.17, 15) is 4.79 Å². The van der Waals surface area contributed by atoms with Gasteiger partial charge in [-0.3, -0.25) is 10.1 Å². The van der Waals surface area contributed by atoms with Crippen LogP contribution in [0.4, 0.5) is 5.13 Å². The highest BCUT2D eigenvalue weighted by Crippen LogP contribution is 2.22. The van der Waals surface area contributed by atoms with Crippen molar-refractivity contribution in [1.29, 1.82) is 0 Å². The Hall–Kier alpha value is -2.67. The lowest BCUT2D eigenvalue weighted by molar-refractivity contribution is 0.102. The van der Waals surface area contributed by atoms with Crippen LogP contribution in [0.1, 0.15) is 49.2 Å². The van der Waals surface area contributed by atoms with E-state index in [1.807, 2.05) is 26.2 Å². The first-order valence-electron chi connectivity index (χ1n) is 9.39. The molecular weight excluding hydrogens is 374 g/mol. The molecule has 0 saturated carbocycles. The maximum atomic E-state index is 12.6. The van der Waals surface area contributed by atoms with Crippen molar-refractivity contribution in [2.24, 2.45) is 0 Å². The lowest BCUT2D eigenvalue weighted by Gasteiger charge is -2.14. The molecule has 2 aromatic rings. The molecule has 1 aliphatic carbocycles. The highest BCUT2D eigenvalue weighted by atomic mass is 32.1. The summed E-state index contributed by atoms with van der Waals surface area (Å²) in [6, 6.07) is 3.26. The number of carbonyl (C=O) groups excluding carboxylic acids is 1. The minimum Gasteiger partial charge on any atom is -0.477 e. The zero-order chi connectivity index (χ0) is 19.9. The summed E-state index contributed by atoms with van der Waals surface area (Å²) in [4.78, 5) is 21.3. The van der Waals surface area contributed by atoms with Crippen LogP contribution in [-0.4, -0.2) is 28.6 Å². The molecule has 1 amide bonds. The smallest absolute Gasteiger partial charge is 0.257 e. The third-order valence-corrected chi connectivity index (χ3v) is 4.89. The van der Waals surface area contributed by atoms with Crippen LogP contribution in [0.25, 0.3) is 0 Å². The molecule has 0 aliphatic heterocycles. The molecule has 0 bridgehead atoms. The van der Waals surface area contributed by atoms with Crippen molar-refractivity contribution >= 4 is 22.4 Å². The van der Waals surface area contributed by atoms with Crippen molar-refractivity contribution < 1.29 is 14.3 Å². The molecule has 0 aromatic carbocycles. The van der Waals surface area contributed by atoms with Gasteiger partial charge >= 0.3 is 0 Å². The van der Waals surface area contributed by atoms with Crippen LogP contribution < -0.4 is 14.8 Å². The van der Waals surface area contributed by atoms with Crippen LogP contribution in [0.5, 0.6) is 11.8 Å². The summed E-state index contributed by atoms with van der Waals surface area (Å²) in [6.45, 7) is 6.22. The average Bonchev–Trinajstić information content (AvgIpc) is 3.06. The molecule has 7 heteroatoms. The largest absolute Gasteiger partial charge is 0.477 e. The van der Waals surface area contributed by atoms with Crippen molar-refractivity contribution in [2.45, 2.75) is 46.1 Å². The number of anilines is 1. The number of carbonyl (C=O) groups is 1. The van der Waals surface area contributed by atoms with Crippen molar-refractivity contribution in [3.05, 3.63) is 52.6 Å². The average molecular weight is 400 g/mol. The van der Waals surface area contributed by atoms with Crippen LogP contribution in [0.15, 0.2) is 41.3 Å². The Kier molecular flexibility index (Phi) is 6.81. The Morgan fingerprint density at radius 2 is 2.11 bits per heavy atom. The van der Waals surface area contributed by atoms with Crippen LogP contribution in [0, 0.1) is 6.92 Å². The predicted molar refractivity (Wildman–Crippen MR) is 111 cm³/mol.